The number of rotatable bonds is 8. The summed E-state index contributed by atoms with van der Waals surface area (Å²) in [4.78, 5) is 23.7. The van der Waals surface area contributed by atoms with Crippen LogP contribution in [0.3, 0.4) is 0 Å². The smallest absolute Gasteiger partial charge is 0.467 e. The Hall–Kier alpha value is -0.920. The monoisotopic (exact) mass is 315 g/mol. The minimum absolute atomic E-state index is 0.108. The zero-order valence-corrected chi connectivity index (χ0v) is 12.6. The Balaban J connectivity index is 5.18. The standard InChI is InChI=1S/C12H20F3NO3S/c1-4-5-7-16(11(18)12(13,14)15)9(6-8-20-3)10(17)19-2/h9H,4-8H2,1-3H3. The van der Waals surface area contributed by atoms with Crippen LogP contribution in [0.2, 0.25) is 0 Å². The van der Waals surface area contributed by atoms with E-state index < -0.39 is 24.1 Å². The first kappa shape index (κ1) is 19.1. The van der Waals surface area contributed by atoms with Crippen LogP contribution in [0.4, 0.5) is 13.2 Å². The van der Waals surface area contributed by atoms with E-state index in [1.54, 1.807) is 13.2 Å². The number of carbonyl (C=O) groups is 2. The minimum atomic E-state index is -4.99. The Morgan fingerprint density at radius 3 is 2.35 bits per heavy atom. The Morgan fingerprint density at radius 2 is 1.95 bits per heavy atom. The molecule has 0 saturated heterocycles. The quantitative estimate of drug-likeness (QED) is 0.646. The van der Waals surface area contributed by atoms with Gasteiger partial charge in [-0.25, -0.2) is 4.79 Å². The molecule has 0 aliphatic carbocycles. The fourth-order valence-electron chi connectivity index (χ4n) is 1.66. The summed E-state index contributed by atoms with van der Waals surface area (Å²) >= 11 is 1.39. The van der Waals surface area contributed by atoms with E-state index in [1.807, 2.05) is 0 Å². The number of alkyl halides is 3. The lowest BCUT2D eigenvalue weighted by atomic mass is 10.1. The summed E-state index contributed by atoms with van der Waals surface area (Å²) in [6.07, 6.45) is -2.05. The maximum absolute atomic E-state index is 12.6. The molecule has 0 aliphatic heterocycles. The highest BCUT2D eigenvalue weighted by molar-refractivity contribution is 7.98. The molecule has 20 heavy (non-hydrogen) atoms. The number of ether oxygens (including phenoxy) is 1. The normalized spacial score (nSPS) is 12.9. The van der Waals surface area contributed by atoms with Crippen molar-refractivity contribution in [2.75, 3.05) is 25.7 Å². The fourth-order valence-corrected chi connectivity index (χ4v) is 2.12. The SMILES string of the molecule is CCCCN(C(=O)C(F)(F)F)C(CCSC)C(=O)OC. The topological polar surface area (TPSA) is 46.6 Å². The van der Waals surface area contributed by atoms with Crippen LogP contribution in [0.1, 0.15) is 26.2 Å². The van der Waals surface area contributed by atoms with Crippen LogP contribution in [-0.4, -0.2) is 54.7 Å². The van der Waals surface area contributed by atoms with Gasteiger partial charge in [0.15, 0.2) is 0 Å². The summed E-state index contributed by atoms with van der Waals surface area (Å²) in [5.74, 6) is -2.33. The molecule has 0 bridgehead atoms. The molecule has 0 saturated carbocycles. The third-order valence-corrected chi connectivity index (χ3v) is 3.34. The van der Waals surface area contributed by atoms with Crippen LogP contribution in [0.25, 0.3) is 0 Å². The molecule has 0 aromatic heterocycles. The van der Waals surface area contributed by atoms with Crippen molar-refractivity contribution in [1.82, 2.24) is 4.90 Å². The van der Waals surface area contributed by atoms with Crippen molar-refractivity contribution in [2.45, 2.75) is 38.4 Å². The second kappa shape index (κ2) is 9.10. The average molecular weight is 315 g/mol. The molecule has 0 aromatic rings. The predicted molar refractivity (Wildman–Crippen MR) is 71.5 cm³/mol. The summed E-state index contributed by atoms with van der Waals surface area (Å²) in [7, 11) is 1.10. The number of nitrogens with zero attached hydrogens (tertiary/aromatic N) is 1. The number of hydrogen-bond acceptors (Lipinski definition) is 4. The zero-order chi connectivity index (χ0) is 15.8. The molecular weight excluding hydrogens is 295 g/mol. The van der Waals surface area contributed by atoms with E-state index in [0.29, 0.717) is 23.5 Å². The van der Waals surface area contributed by atoms with Crippen LogP contribution in [0.15, 0.2) is 0 Å². The number of thioether (sulfide) groups is 1. The maximum atomic E-state index is 12.6. The lowest BCUT2D eigenvalue weighted by molar-refractivity contribution is -0.190. The summed E-state index contributed by atoms with van der Waals surface area (Å²) in [5.41, 5.74) is 0. The van der Waals surface area contributed by atoms with Gasteiger partial charge in [0.1, 0.15) is 6.04 Å². The van der Waals surface area contributed by atoms with Crippen LogP contribution in [0, 0.1) is 0 Å². The number of halogens is 3. The second-order valence-electron chi connectivity index (χ2n) is 4.17. The molecule has 0 fully saturated rings. The van der Waals surface area contributed by atoms with E-state index in [4.69, 9.17) is 0 Å². The van der Waals surface area contributed by atoms with Crippen molar-refractivity contribution in [3.05, 3.63) is 0 Å². The molecule has 0 aromatic carbocycles. The van der Waals surface area contributed by atoms with E-state index in [0.717, 1.165) is 7.11 Å². The summed E-state index contributed by atoms with van der Waals surface area (Å²) < 4.78 is 42.4. The molecule has 0 rings (SSSR count). The lowest BCUT2D eigenvalue weighted by Gasteiger charge is -2.30. The second-order valence-corrected chi connectivity index (χ2v) is 5.16. The lowest BCUT2D eigenvalue weighted by Crippen LogP contribution is -2.51. The van der Waals surface area contributed by atoms with Crippen LogP contribution >= 0.6 is 11.8 Å². The van der Waals surface area contributed by atoms with Gasteiger partial charge < -0.3 is 9.64 Å². The first-order valence-corrected chi connectivity index (χ1v) is 7.63. The molecule has 0 aliphatic rings. The van der Waals surface area contributed by atoms with Gasteiger partial charge >= 0.3 is 18.1 Å². The van der Waals surface area contributed by atoms with Gasteiger partial charge in [-0.2, -0.15) is 24.9 Å². The Kier molecular flexibility index (Phi) is 8.68. The molecule has 1 atom stereocenters. The van der Waals surface area contributed by atoms with E-state index >= 15 is 0 Å². The number of carbonyl (C=O) groups excluding carboxylic acids is 2. The van der Waals surface area contributed by atoms with Crippen molar-refractivity contribution < 1.29 is 27.5 Å². The Labute approximate surface area is 121 Å². The van der Waals surface area contributed by atoms with Crippen molar-refractivity contribution in [2.24, 2.45) is 0 Å². The first-order chi connectivity index (χ1) is 9.29. The number of amides is 1. The molecule has 1 amide bonds. The molecule has 118 valence electrons. The molecule has 1 unspecified atom stereocenters. The first-order valence-electron chi connectivity index (χ1n) is 6.24. The number of hydrogen-bond donors (Lipinski definition) is 0. The van der Waals surface area contributed by atoms with Crippen molar-refractivity contribution in [3.8, 4) is 0 Å². The summed E-state index contributed by atoms with van der Waals surface area (Å²) in [6.45, 7) is 1.69. The minimum Gasteiger partial charge on any atom is -0.467 e. The van der Waals surface area contributed by atoms with E-state index in [-0.39, 0.29) is 13.0 Å². The van der Waals surface area contributed by atoms with Gasteiger partial charge in [-0.3, -0.25) is 4.79 Å². The molecular formula is C12H20F3NO3S. The van der Waals surface area contributed by atoms with Crippen molar-refractivity contribution in [1.29, 1.82) is 0 Å². The van der Waals surface area contributed by atoms with Crippen LogP contribution < -0.4 is 0 Å². The van der Waals surface area contributed by atoms with Gasteiger partial charge in [0, 0.05) is 6.54 Å². The molecule has 0 N–H and O–H groups in total. The summed E-state index contributed by atoms with van der Waals surface area (Å²) in [5, 5.41) is 0. The van der Waals surface area contributed by atoms with Crippen molar-refractivity contribution in [3.63, 3.8) is 0 Å². The van der Waals surface area contributed by atoms with E-state index in [1.165, 1.54) is 11.8 Å². The highest BCUT2D eigenvalue weighted by Crippen LogP contribution is 2.22. The van der Waals surface area contributed by atoms with Gasteiger partial charge in [0.2, 0.25) is 0 Å². The maximum Gasteiger partial charge on any atom is 0.471 e. The summed E-state index contributed by atoms with van der Waals surface area (Å²) in [6, 6.07) is -1.19. The highest BCUT2D eigenvalue weighted by atomic mass is 32.2. The van der Waals surface area contributed by atoms with Gasteiger partial charge in [-0.05, 0) is 24.9 Å². The van der Waals surface area contributed by atoms with Crippen LogP contribution in [0.5, 0.6) is 0 Å². The van der Waals surface area contributed by atoms with Crippen molar-refractivity contribution >= 4 is 23.6 Å². The molecule has 8 heteroatoms. The highest BCUT2D eigenvalue weighted by Gasteiger charge is 2.46. The average Bonchev–Trinajstić information content (AvgIpc) is 2.40. The predicted octanol–water partition coefficient (Wildman–Crippen LogP) is 2.47. The van der Waals surface area contributed by atoms with Gasteiger partial charge in [-0.1, -0.05) is 13.3 Å². The Bertz CT molecular complexity index is 324. The zero-order valence-electron chi connectivity index (χ0n) is 11.8. The molecule has 0 heterocycles. The van der Waals surface area contributed by atoms with Gasteiger partial charge in [0.25, 0.3) is 0 Å². The molecule has 0 spiro atoms. The number of esters is 1. The third-order valence-electron chi connectivity index (χ3n) is 2.70. The van der Waals surface area contributed by atoms with E-state index in [2.05, 4.69) is 4.74 Å². The third kappa shape index (κ3) is 6.02. The van der Waals surface area contributed by atoms with Gasteiger partial charge in [-0.15, -0.1) is 0 Å². The molecule has 4 nitrogen and oxygen atoms in total. The molecule has 0 radical (unpaired) electrons. The number of methoxy groups -OCH3 is 1. The number of unbranched alkanes of at least 4 members (excludes halogenated alkanes) is 1. The van der Waals surface area contributed by atoms with Gasteiger partial charge in [0.05, 0.1) is 7.11 Å². The Morgan fingerprint density at radius 1 is 1.35 bits per heavy atom. The fraction of sp³-hybridized carbons (Fsp3) is 0.833. The van der Waals surface area contributed by atoms with E-state index in [9.17, 15) is 22.8 Å². The van der Waals surface area contributed by atoms with Crippen LogP contribution in [-0.2, 0) is 14.3 Å². The largest absolute Gasteiger partial charge is 0.471 e.